The molecule has 0 saturated heterocycles. The molecule has 4 heteroatoms. The van der Waals surface area contributed by atoms with Crippen LogP contribution >= 0.6 is 0 Å². The fourth-order valence-corrected chi connectivity index (χ4v) is 2.23. The minimum Gasteiger partial charge on any atom is -0.493 e. The van der Waals surface area contributed by atoms with E-state index in [-0.39, 0.29) is 19.3 Å². The van der Waals surface area contributed by atoms with Crippen LogP contribution in [-0.2, 0) is 6.54 Å². The number of methoxy groups -OCH3 is 1. The van der Waals surface area contributed by atoms with Crippen molar-refractivity contribution in [3.05, 3.63) is 59.7 Å². The lowest BCUT2D eigenvalue weighted by Gasteiger charge is -2.16. The molecule has 0 aromatic heterocycles. The van der Waals surface area contributed by atoms with Crippen molar-refractivity contribution in [2.45, 2.75) is 19.5 Å². The highest BCUT2D eigenvalue weighted by Gasteiger charge is 2.08. The van der Waals surface area contributed by atoms with Crippen LogP contribution in [0.25, 0.3) is 0 Å². The molecule has 0 heterocycles. The lowest BCUT2D eigenvalue weighted by Crippen LogP contribution is -2.18. The summed E-state index contributed by atoms with van der Waals surface area (Å²) in [6.45, 7) is 3.14. The van der Waals surface area contributed by atoms with Gasteiger partial charge in [-0.15, -0.1) is 0 Å². The molecular weight excluding hydrogens is 278 g/mol. The average molecular weight is 301 g/mol. The Kier molecular flexibility index (Phi) is 6.25. The van der Waals surface area contributed by atoms with Gasteiger partial charge in [-0.1, -0.05) is 36.4 Å². The molecule has 22 heavy (non-hydrogen) atoms. The number of aliphatic hydroxyl groups excluding tert-OH is 1. The Morgan fingerprint density at radius 3 is 2.55 bits per heavy atom. The summed E-state index contributed by atoms with van der Waals surface area (Å²) in [7, 11) is 1.62. The van der Waals surface area contributed by atoms with Crippen LogP contribution in [0.1, 0.15) is 24.1 Å². The quantitative estimate of drug-likeness (QED) is 0.787. The van der Waals surface area contributed by atoms with Gasteiger partial charge in [0.15, 0.2) is 11.5 Å². The molecule has 2 rings (SSSR count). The lowest BCUT2D eigenvalue weighted by atomic mass is 10.1. The van der Waals surface area contributed by atoms with E-state index in [1.807, 2.05) is 36.4 Å². The summed E-state index contributed by atoms with van der Waals surface area (Å²) in [5, 5.41) is 12.3. The van der Waals surface area contributed by atoms with Gasteiger partial charge in [0.05, 0.1) is 13.7 Å². The summed E-state index contributed by atoms with van der Waals surface area (Å²) in [5.74, 6) is 1.33. The second-order valence-electron chi connectivity index (χ2n) is 5.07. The minimum atomic E-state index is -0.0128. The van der Waals surface area contributed by atoms with Crippen LogP contribution < -0.4 is 14.8 Å². The number of nitrogens with one attached hydrogen (secondary N) is 1. The first kappa shape index (κ1) is 16.3. The summed E-state index contributed by atoms with van der Waals surface area (Å²) < 4.78 is 10.8. The third-order valence-electron chi connectivity index (χ3n) is 3.49. The SMILES string of the molecule is COc1cc(CN[C@H](C)c2ccccc2)ccc1OCCO. The van der Waals surface area contributed by atoms with Gasteiger partial charge in [-0.05, 0) is 30.2 Å². The molecule has 0 spiro atoms. The largest absolute Gasteiger partial charge is 0.493 e. The van der Waals surface area contributed by atoms with E-state index in [0.717, 1.165) is 12.1 Å². The highest BCUT2D eigenvalue weighted by molar-refractivity contribution is 5.43. The molecule has 118 valence electrons. The van der Waals surface area contributed by atoms with Crippen molar-refractivity contribution < 1.29 is 14.6 Å². The second kappa shape index (κ2) is 8.41. The molecule has 0 aliphatic rings. The fourth-order valence-electron chi connectivity index (χ4n) is 2.23. The summed E-state index contributed by atoms with van der Waals surface area (Å²) >= 11 is 0. The molecule has 0 bridgehead atoms. The van der Waals surface area contributed by atoms with E-state index in [2.05, 4.69) is 24.4 Å². The first-order valence-electron chi connectivity index (χ1n) is 7.43. The van der Waals surface area contributed by atoms with E-state index in [4.69, 9.17) is 14.6 Å². The predicted molar refractivity (Wildman–Crippen MR) is 87.3 cm³/mol. The van der Waals surface area contributed by atoms with Crippen molar-refractivity contribution in [3.8, 4) is 11.5 Å². The monoisotopic (exact) mass is 301 g/mol. The highest BCUT2D eigenvalue weighted by atomic mass is 16.5. The zero-order valence-electron chi connectivity index (χ0n) is 13.1. The summed E-state index contributed by atoms with van der Waals surface area (Å²) in [5.41, 5.74) is 2.38. The van der Waals surface area contributed by atoms with Gasteiger partial charge in [0.25, 0.3) is 0 Å². The lowest BCUT2D eigenvalue weighted by molar-refractivity contribution is 0.196. The Morgan fingerprint density at radius 2 is 1.86 bits per heavy atom. The molecule has 0 aliphatic carbocycles. The Labute approximate surface area is 131 Å². The van der Waals surface area contributed by atoms with Crippen LogP contribution in [-0.4, -0.2) is 25.4 Å². The van der Waals surface area contributed by atoms with Crippen LogP contribution in [0.3, 0.4) is 0 Å². The van der Waals surface area contributed by atoms with E-state index in [1.165, 1.54) is 5.56 Å². The van der Waals surface area contributed by atoms with Gasteiger partial charge in [0.1, 0.15) is 6.61 Å². The molecule has 2 N–H and O–H groups in total. The molecule has 4 nitrogen and oxygen atoms in total. The molecule has 2 aromatic rings. The van der Waals surface area contributed by atoms with Crippen LogP contribution in [0, 0.1) is 0 Å². The first-order valence-corrected chi connectivity index (χ1v) is 7.43. The van der Waals surface area contributed by atoms with Gasteiger partial charge in [0.2, 0.25) is 0 Å². The molecule has 0 fully saturated rings. The van der Waals surface area contributed by atoms with Gasteiger partial charge in [-0.25, -0.2) is 0 Å². The average Bonchev–Trinajstić information content (AvgIpc) is 2.58. The highest BCUT2D eigenvalue weighted by Crippen LogP contribution is 2.28. The van der Waals surface area contributed by atoms with E-state index in [0.29, 0.717) is 11.5 Å². The van der Waals surface area contributed by atoms with Crippen molar-refractivity contribution in [1.82, 2.24) is 5.32 Å². The van der Waals surface area contributed by atoms with Gasteiger partial charge in [0, 0.05) is 12.6 Å². The Morgan fingerprint density at radius 1 is 1.09 bits per heavy atom. The number of benzene rings is 2. The number of hydrogen-bond donors (Lipinski definition) is 2. The van der Waals surface area contributed by atoms with Gasteiger partial charge < -0.3 is 19.9 Å². The Hall–Kier alpha value is -2.04. The van der Waals surface area contributed by atoms with Crippen molar-refractivity contribution in [2.75, 3.05) is 20.3 Å². The molecule has 0 unspecified atom stereocenters. The molecule has 0 radical (unpaired) electrons. The number of rotatable bonds is 8. The van der Waals surface area contributed by atoms with Gasteiger partial charge in [-0.2, -0.15) is 0 Å². The Bertz CT molecular complexity index is 572. The third kappa shape index (κ3) is 4.48. The van der Waals surface area contributed by atoms with Crippen LogP contribution in [0.2, 0.25) is 0 Å². The zero-order chi connectivity index (χ0) is 15.8. The first-order chi connectivity index (χ1) is 10.7. The number of hydrogen-bond acceptors (Lipinski definition) is 4. The predicted octanol–water partition coefficient (Wildman–Crippen LogP) is 2.92. The zero-order valence-corrected chi connectivity index (χ0v) is 13.1. The van der Waals surface area contributed by atoms with Crippen molar-refractivity contribution in [3.63, 3.8) is 0 Å². The van der Waals surface area contributed by atoms with Gasteiger partial charge >= 0.3 is 0 Å². The van der Waals surface area contributed by atoms with Gasteiger partial charge in [-0.3, -0.25) is 0 Å². The maximum atomic E-state index is 8.82. The molecule has 2 aromatic carbocycles. The van der Waals surface area contributed by atoms with Crippen molar-refractivity contribution in [1.29, 1.82) is 0 Å². The fraction of sp³-hybridized carbons (Fsp3) is 0.333. The second-order valence-corrected chi connectivity index (χ2v) is 5.07. The topological polar surface area (TPSA) is 50.7 Å². The summed E-state index contributed by atoms with van der Waals surface area (Å²) in [6, 6.07) is 16.4. The van der Waals surface area contributed by atoms with E-state index >= 15 is 0 Å². The maximum absolute atomic E-state index is 8.82. The standard InChI is InChI=1S/C18H23NO3/c1-14(16-6-4-3-5-7-16)19-13-15-8-9-17(22-11-10-20)18(12-15)21-2/h3-9,12,14,19-20H,10-11,13H2,1-2H3/t14-/m1/s1. The number of ether oxygens (including phenoxy) is 2. The minimum absolute atomic E-state index is 0.0128. The molecule has 0 aliphatic heterocycles. The number of aliphatic hydroxyl groups is 1. The normalized spacial score (nSPS) is 12.0. The Balaban J connectivity index is 1.98. The molecule has 0 saturated carbocycles. The molecule has 1 atom stereocenters. The van der Waals surface area contributed by atoms with Crippen LogP contribution in [0.5, 0.6) is 11.5 Å². The molecular formula is C18H23NO3. The van der Waals surface area contributed by atoms with E-state index in [1.54, 1.807) is 7.11 Å². The van der Waals surface area contributed by atoms with Crippen molar-refractivity contribution >= 4 is 0 Å². The molecule has 0 amide bonds. The van der Waals surface area contributed by atoms with E-state index in [9.17, 15) is 0 Å². The smallest absolute Gasteiger partial charge is 0.161 e. The van der Waals surface area contributed by atoms with Crippen LogP contribution in [0.15, 0.2) is 48.5 Å². The van der Waals surface area contributed by atoms with E-state index < -0.39 is 0 Å². The summed E-state index contributed by atoms with van der Waals surface area (Å²) in [4.78, 5) is 0. The maximum Gasteiger partial charge on any atom is 0.161 e. The summed E-state index contributed by atoms with van der Waals surface area (Å²) in [6.07, 6.45) is 0. The van der Waals surface area contributed by atoms with Crippen molar-refractivity contribution in [2.24, 2.45) is 0 Å². The third-order valence-corrected chi connectivity index (χ3v) is 3.49. The van der Waals surface area contributed by atoms with Crippen LogP contribution in [0.4, 0.5) is 0 Å².